The van der Waals surface area contributed by atoms with Gasteiger partial charge in [0.15, 0.2) is 11.5 Å². The number of phenols is 2. The second-order valence-corrected chi connectivity index (χ2v) is 4.13. The molecule has 3 N–H and O–H groups in total. The number of aromatic hydroxyl groups is 2. The molecule has 0 aliphatic heterocycles. The average molecular weight is 296 g/mol. The van der Waals surface area contributed by atoms with E-state index in [1.165, 1.54) is 36.4 Å². The van der Waals surface area contributed by atoms with Gasteiger partial charge in [-0.05, 0) is 24.3 Å². The molecule has 21 heavy (non-hydrogen) atoms. The number of hydrogen-bond acceptors (Lipinski definition) is 4. The molecule has 0 aliphatic rings. The van der Waals surface area contributed by atoms with E-state index in [0.29, 0.717) is 0 Å². The van der Waals surface area contributed by atoms with Crippen LogP contribution in [0.5, 0.6) is 11.5 Å². The lowest BCUT2D eigenvalue weighted by atomic mass is 10.2. The molecular weight excluding hydrogens is 285 g/mol. The molecule has 2 aromatic rings. The number of rotatable bonds is 3. The standard InChI is InChI=1S/C14H11F3N2O2/c15-14(16,17)10-5-1-2-6-11(10)19-18-8-9-4-3-7-12(20)13(9)21/h1-8,19-21H/b18-8+. The second kappa shape index (κ2) is 5.74. The van der Waals surface area contributed by atoms with Crippen molar-refractivity contribution in [3.63, 3.8) is 0 Å². The summed E-state index contributed by atoms with van der Waals surface area (Å²) in [5.41, 5.74) is 1.39. The Kier molecular flexibility index (Phi) is 4.02. The fraction of sp³-hybridized carbons (Fsp3) is 0.0714. The molecule has 110 valence electrons. The van der Waals surface area contributed by atoms with Gasteiger partial charge < -0.3 is 10.2 Å². The van der Waals surface area contributed by atoms with E-state index < -0.39 is 17.5 Å². The van der Waals surface area contributed by atoms with Crippen molar-refractivity contribution in [2.45, 2.75) is 6.18 Å². The number of alkyl halides is 3. The van der Waals surface area contributed by atoms with Crippen molar-refractivity contribution in [3.05, 3.63) is 53.6 Å². The monoisotopic (exact) mass is 296 g/mol. The SMILES string of the molecule is Oc1cccc(/C=N/Nc2ccccc2C(F)(F)F)c1O. The van der Waals surface area contributed by atoms with Crippen LogP contribution >= 0.6 is 0 Å². The van der Waals surface area contributed by atoms with Crippen LogP contribution in [-0.2, 0) is 6.18 Å². The van der Waals surface area contributed by atoms with Crippen LogP contribution in [0.3, 0.4) is 0 Å². The van der Waals surface area contributed by atoms with Crippen LogP contribution in [0.1, 0.15) is 11.1 Å². The number of hydrazone groups is 1. The number of benzene rings is 2. The zero-order valence-corrected chi connectivity index (χ0v) is 10.6. The Morgan fingerprint density at radius 3 is 2.43 bits per heavy atom. The number of nitrogens with zero attached hydrogens (tertiary/aromatic N) is 1. The summed E-state index contributed by atoms with van der Waals surface area (Å²) in [4.78, 5) is 0. The molecule has 0 radical (unpaired) electrons. The minimum Gasteiger partial charge on any atom is -0.504 e. The first-order valence-corrected chi connectivity index (χ1v) is 5.86. The van der Waals surface area contributed by atoms with Gasteiger partial charge in [0.25, 0.3) is 0 Å². The maximum Gasteiger partial charge on any atom is 0.418 e. The molecule has 0 aliphatic carbocycles. The van der Waals surface area contributed by atoms with E-state index in [4.69, 9.17) is 0 Å². The van der Waals surface area contributed by atoms with Crippen molar-refractivity contribution in [1.82, 2.24) is 0 Å². The molecule has 0 fully saturated rings. The summed E-state index contributed by atoms with van der Waals surface area (Å²) < 4.78 is 38.3. The summed E-state index contributed by atoms with van der Waals surface area (Å²) in [7, 11) is 0. The maximum atomic E-state index is 12.8. The topological polar surface area (TPSA) is 64.9 Å². The van der Waals surface area contributed by atoms with Crippen molar-refractivity contribution in [2.24, 2.45) is 5.10 Å². The number of para-hydroxylation sites is 2. The number of anilines is 1. The van der Waals surface area contributed by atoms with Crippen molar-refractivity contribution >= 4 is 11.9 Å². The van der Waals surface area contributed by atoms with Crippen molar-refractivity contribution in [2.75, 3.05) is 5.43 Å². The fourth-order valence-corrected chi connectivity index (χ4v) is 1.65. The first-order valence-electron chi connectivity index (χ1n) is 5.86. The third-order valence-electron chi connectivity index (χ3n) is 2.67. The van der Waals surface area contributed by atoms with Gasteiger partial charge in [0.2, 0.25) is 0 Å². The van der Waals surface area contributed by atoms with Gasteiger partial charge in [0.05, 0.1) is 17.5 Å². The van der Waals surface area contributed by atoms with E-state index in [2.05, 4.69) is 10.5 Å². The van der Waals surface area contributed by atoms with E-state index in [1.807, 2.05) is 0 Å². The van der Waals surface area contributed by atoms with Gasteiger partial charge in [-0.3, -0.25) is 5.43 Å². The minimum atomic E-state index is -4.49. The normalized spacial score (nSPS) is 11.8. The van der Waals surface area contributed by atoms with Gasteiger partial charge in [-0.25, -0.2) is 0 Å². The van der Waals surface area contributed by atoms with Crippen LogP contribution in [0.25, 0.3) is 0 Å². The summed E-state index contributed by atoms with van der Waals surface area (Å²) in [6.07, 6.45) is -3.38. The van der Waals surface area contributed by atoms with E-state index in [-0.39, 0.29) is 17.0 Å². The van der Waals surface area contributed by atoms with Gasteiger partial charge >= 0.3 is 6.18 Å². The molecule has 0 bridgehead atoms. The molecule has 0 saturated carbocycles. The summed E-state index contributed by atoms with van der Waals surface area (Å²) in [6.45, 7) is 0. The maximum absolute atomic E-state index is 12.8. The third kappa shape index (κ3) is 3.44. The molecule has 0 atom stereocenters. The smallest absolute Gasteiger partial charge is 0.418 e. The predicted octanol–water partition coefficient (Wildman–Crippen LogP) is 3.56. The Morgan fingerprint density at radius 1 is 1.00 bits per heavy atom. The number of nitrogens with one attached hydrogen (secondary N) is 1. The predicted molar refractivity (Wildman–Crippen MR) is 72.4 cm³/mol. The van der Waals surface area contributed by atoms with E-state index in [9.17, 15) is 23.4 Å². The second-order valence-electron chi connectivity index (χ2n) is 4.13. The largest absolute Gasteiger partial charge is 0.504 e. The number of hydrogen-bond donors (Lipinski definition) is 3. The van der Waals surface area contributed by atoms with Crippen LogP contribution in [0, 0.1) is 0 Å². The fourth-order valence-electron chi connectivity index (χ4n) is 1.65. The van der Waals surface area contributed by atoms with Gasteiger partial charge in [0, 0.05) is 5.56 Å². The molecular formula is C14H11F3N2O2. The van der Waals surface area contributed by atoms with E-state index in [0.717, 1.165) is 12.3 Å². The molecule has 7 heteroatoms. The van der Waals surface area contributed by atoms with Crippen LogP contribution in [0.4, 0.5) is 18.9 Å². The summed E-state index contributed by atoms with van der Waals surface area (Å²) in [5, 5.41) is 22.5. The van der Waals surface area contributed by atoms with Crippen LogP contribution in [-0.4, -0.2) is 16.4 Å². The minimum absolute atomic E-state index is 0.173. The van der Waals surface area contributed by atoms with Crippen molar-refractivity contribution in [3.8, 4) is 11.5 Å². The summed E-state index contributed by atoms with van der Waals surface area (Å²) in [6, 6.07) is 9.10. The molecule has 4 nitrogen and oxygen atoms in total. The molecule has 0 aromatic heterocycles. The first kappa shape index (κ1) is 14.7. The van der Waals surface area contributed by atoms with E-state index >= 15 is 0 Å². The average Bonchev–Trinajstić information content (AvgIpc) is 2.43. The quantitative estimate of drug-likeness (QED) is 0.461. The highest BCUT2D eigenvalue weighted by atomic mass is 19.4. The van der Waals surface area contributed by atoms with Crippen molar-refractivity contribution in [1.29, 1.82) is 0 Å². The number of halogens is 3. The molecule has 0 heterocycles. The third-order valence-corrected chi connectivity index (χ3v) is 2.67. The molecule has 2 aromatic carbocycles. The lowest BCUT2D eigenvalue weighted by molar-refractivity contribution is -0.136. The Hall–Kier alpha value is -2.70. The molecule has 0 saturated heterocycles. The Bertz CT molecular complexity index is 670. The summed E-state index contributed by atoms with van der Waals surface area (Å²) in [5.74, 6) is -0.734. The Balaban J connectivity index is 2.21. The van der Waals surface area contributed by atoms with Gasteiger partial charge in [-0.1, -0.05) is 18.2 Å². The lowest BCUT2D eigenvalue weighted by Gasteiger charge is -2.11. The lowest BCUT2D eigenvalue weighted by Crippen LogP contribution is -2.08. The van der Waals surface area contributed by atoms with E-state index in [1.54, 1.807) is 0 Å². The zero-order chi connectivity index (χ0) is 15.5. The van der Waals surface area contributed by atoms with Crippen molar-refractivity contribution < 1.29 is 23.4 Å². The van der Waals surface area contributed by atoms with Crippen LogP contribution in [0.2, 0.25) is 0 Å². The highest BCUT2D eigenvalue weighted by molar-refractivity contribution is 5.85. The van der Waals surface area contributed by atoms with Gasteiger partial charge in [0.1, 0.15) is 0 Å². The van der Waals surface area contributed by atoms with Gasteiger partial charge in [-0.15, -0.1) is 0 Å². The molecule has 0 unspecified atom stereocenters. The molecule has 2 rings (SSSR count). The zero-order valence-electron chi connectivity index (χ0n) is 10.6. The van der Waals surface area contributed by atoms with Crippen LogP contribution in [0.15, 0.2) is 47.6 Å². The molecule has 0 amide bonds. The van der Waals surface area contributed by atoms with Gasteiger partial charge in [-0.2, -0.15) is 18.3 Å². The highest BCUT2D eigenvalue weighted by Gasteiger charge is 2.33. The number of phenolic OH excluding ortho intramolecular Hbond substituents is 2. The highest BCUT2D eigenvalue weighted by Crippen LogP contribution is 2.34. The first-order chi connectivity index (χ1) is 9.89. The summed E-state index contributed by atoms with van der Waals surface area (Å²) >= 11 is 0. The van der Waals surface area contributed by atoms with Crippen LogP contribution < -0.4 is 5.43 Å². The molecule has 0 spiro atoms. The Morgan fingerprint density at radius 2 is 1.71 bits per heavy atom. The Labute approximate surface area is 118 Å².